The summed E-state index contributed by atoms with van der Waals surface area (Å²) in [4.78, 5) is 12.1. The smallest absolute Gasteiger partial charge is 0.230 e. The Kier molecular flexibility index (Phi) is 7.22. The molecule has 0 aromatic heterocycles. The van der Waals surface area contributed by atoms with Gasteiger partial charge in [-0.15, -0.1) is 0 Å². The van der Waals surface area contributed by atoms with Crippen molar-refractivity contribution in [1.82, 2.24) is 0 Å². The fraction of sp³-hybridized carbons (Fsp3) is 0.133. The fourth-order valence-electron chi connectivity index (χ4n) is 1.62. The van der Waals surface area contributed by atoms with Crippen LogP contribution in [0.4, 0.5) is 0 Å². The summed E-state index contributed by atoms with van der Waals surface area (Å²) in [5.41, 5.74) is 0. The van der Waals surface area contributed by atoms with Gasteiger partial charge in [-0.25, -0.2) is 12.6 Å². The topological polar surface area (TPSA) is 77.5 Å². The van der Waals surface area contributed by atoms with E-state index in [4.69, 9.17) is 4.18 Å². The van der Waals surface area contributed by atoms with E-state index >= 15 is 0 Å². The lowest BCUT2D eigenvalue weighted by atomic mass is 10.3. The number of rotatable bonds is 8. The van der Waals surface area contributed by atoms with Crippen LogP contribution in [0, 0.1) is 0 Å². The lowest BCUT2D eigenvalue weighted by Gasteiger charge is -2.07. The van der Waals surface area contributed by atoms with E-state index in [1.807, 2.05) is 6.07 Å². The maximum Gasteiger partial charge on any atom is 0.230 e. The SMILES string of the molecule is O=S=S(CC(=O)CSS(=O)(=O)c1ccccc1)Oc1ccccc1. The molecule has 0 radical (unpaired) electrons. The van der Waals surface area contributed by atoms with Gasteiger partial charge in [-0.1, -0.05) is 36.4 Å². The van der Waals surface area contributed by atoms with Crippen molar-refractivity contribution in [3.05, 3.63) is 60.7 Å². The van der Waals surface area contributed by atoms with Gasteiger partial charge in [0.05, 0.1) is 26.1 Å². The molecule has 1 unspecified atom stereocenters. The number of benzene rings is 2. The van der Waals surface area contributed by atoms with E-state index in [0.29, 0.717) is 16.5 Å². The van der Waals surface area contributed by atoms with E-state index in [2.05, 4.69) is 0 Å². The van der Waals surface area contributed by atoms with Crippen LogP contribution < -0.4 is 4.18 Å². The molecular formula is C15H14O5S4. The molecule has 0 amide bonds. The van der Waals surface area contributed by atoms with Crippen molar-refractivity contribution < 1.29 is 21.6 Å². The minimum absolute atomic E-state index is 0.125. The molecule has 0 saturated carbocycles. The van der Waals surface area contributed by atoms with Gasteiger partial charge in [0.1, 0.15) is 5.75 Å². The first-order valence-corrected chi connectivity index (χ1v) is 12.3. The van der Waals surface area contributed by atoms with Crippen LogP contribution in [-0.4, -0.2) is 29.9 Å². The number of hydrogen-bond donors (Lipinski definition) is 0. The van der Waals surface area contributed by atoms with Gasteiger partial charge >= 0.3 is 0 Å². The molecule has 2 rings (SSSR count). The van der Waals surface area contributed by atoms with Crippen molar-refractivity contribution in [3.63, 3.8) is 0 Å². The molecule has 2 aromatic carbocycles. The second kappa shape index (κ2) is 9.16. The molecular weight excluding hydrogens is 388 g/mol. The van der Waals surface area contributed by atoms with Crippen molar-refractivity contribution in [2.24, 2.45) is 0 Å². The van der Waals surface area contributed by atoms with E-state index in [0.717, 1.165) is 0 Å². The summed E-state index contributed by atoms with van der Waals surface area (Å²) in [6, 6.07) is 16.6. The van der Waals surface area contributed by atoms with Crippen LogP contribution in [0.3, 0.4) is 0 Å². The van der Waals surface area contributed by atoms with Crippen molar-refractivity contribution in [2.75, 3.05) is 11.5 Å². The van der Waals surface area contributed by atoms with Gasteiger partial charge in [-0.05, 0) is 35.1 Å². The summed E-state index contributed by atoms with van der Waals surface area (Å²) in [5, 5.41) is 0. The number of ketones is 1. The highest BCUT2D eigenvalue weighted by atomic mass is 33.1. The quantitative estimate of drug-likeness (QED) is 0.631. The molecule has 0 fully saturated rings. The van der Waals surface area contributed by atoms with Crippen molar-refractivity contribution in [3.8, 4) is 5.75 Å². The zero-order chi connectivity index (χ0) is 17.4. The first-order chi connectivity index (χ1) is 11.5. The molecule has 128 valence electrons. The Balaban J connectivity index is 1.92. The maximum atomic E-state index is 12.1. The number of carbonyl (C=O) groups is 1. The molecule has 24 heavy (non-hydrogen) atoms. The number of para-hydroxylation sites is 1. The molecule has 0 aliphatic heterocycles. The highest BCUT2D eigenvalue weighted by molar-refractivity contribution is 8.72. The van der Waals surface area contributed by atoms with Gasteiger partial charge in [0.15, 0.2) is 16.0 Å². The first kappa shape index (κ1) is 18.9. The average molecular weight is 403 g/mol. The number of Topliss-reactive ketones (excluding diaryl/α,β-unsaturated/α-hetero) is 1. The van der Waals surface area contributed by atoms with Gasteiger partial charge < -0.3 is 4.18 Å². The second-order valence-electron chi connectivity index (χ2n) is 4.48. The Bertz CT molecular complexity index is 844. The van der Waals surface area contributed by atoms with Gasteiger partial charge in [0, 0.05) is 0 Å². The molecule has 1 atom stereocenters. The monoisotopic (exact) mass is 402 g/mol. The summed E-state index contributed by atoms with van der Waals surface area (Å²) >= 11 is 0. The molecule has 0 aliphatic rings. The first-order valence-electron chi connectivity index (χ1n) is 6.72. The largest absolute Gasteiger partial charge is 0.421 e. The summed E-state index contributed by atoms with van der Waals surface area (Å²) < 4.78 is 40.8. The van der Waals surface area contributed by atoms with Crippen molar-refractivity contribution in [2.45, 2.75) is 4.90 Å². The van der Waals surface area contributed by atoms with E-state index in [-0.39, 0.29) is 32.4 Å². The number of carbonyl (C=O) groups excluding carboxylic acids is 1. The lowest BCUT2D eigenvalue weighted by molar-refractivity contribution is -0.114. The standard InChI is InChI=1S/C15H14O5S4/c16-13(11-21-24(18,19)15-9-5-2-6-10-15)12-23(22-17)20-14-7-3-1-4-8-14/h1-10H,11-12H2. The second-order valence-corrected chi connectivity index (χ2v) is 11.1. The van der Waals surface area contributed by atoms with E-state index in [9.17, 15) is 17.4 Å². The molecule has 2 aromatic rings. The molecule has 5 nitrogen and oxygen atoms in total. The van der Waals surface area contributed by atoms with Crippen LogP contribution >= 0.6 is 10.8 Å². The van der Waals surface area contributed by atoms with Crippen molar-refractivity contribution >= 4 is 45.4 Å². The van der Waals surface area contributed by atoms with E-state index < -0.39 is 18.6 Å². The van der Waals surface area contributed by atoms with Gasteiger partial charge in [-0.3, -0.25) is 4.79 Å². The average Bonchev–Trinajstić information content (AvgIpc) is 2.61. The molecule has 0 spiro atoms. The maximum absolute atomic E-state index is 12.1. The van der Waals surface area contributed by atoms with Gasteiger partial charge in [0.25, 0.3) is 0 Å². The lowest BCUT2D eigenvalue weighted by Crippen LogP contribution is -2.17. The minimum atomic E-state index is -3.58. The Hall–Kier alpha value is -1.42. The molecule has 0 heterocycles. The van der Waals surface area contributed by atoms with Crippen LogP contribution in [0.1, 0.15) is 0 Å². The van der Waals surface area contributed by atoms with Crippen LogP contribution in [0.2, 0.25) is 0 Å². The predicted molar refractivity (Wildman–Crippen MR) is 98.5 cm³/mol. The fourth-order valence-corrected chi connectivity index (χ4v) is 6.05. The molecule has 0 saturated heterocycles. The van der Waals surface area contributed by atoms with Crippen LogP contribution in [0.5, 0.6) is 5.75 Å². The van der Waals surface area contributed by atoms with Gasteiger partial charge in [0.2, 0.25) is 8.87 Å². The normalized spacial score (nSPS) is 12.3. The highest BCUT2D eigenvalue weighted by Gasteiger charge is 2.18. The van der Waals surface area contributed by atoms with Crippen LogP contribution in [-0.2, 0) is 33.6 Å². The third kappa shape index (κ3) is 5.90. The molecule has 0 bridgehead atoms. The Morgan fingerprint density at radius 2 is 1.58 bits per heavy atom. The van der Waals surface area contributed by atoms with Crippen LogP contribution in [0.15, 0.2) is 65.6 Å². The molecule has 0 N–H and O–H groups in total. The van der Waals surface area contributed by atoms with Crippen molar-refractivity contribution in [1.29, 1.82) is 0 Å². The summed E-state index contributed by atoms with van der Waals surface area (Å²) in [6.07, 6.45) is 0. The summed E-state index contributed by atoms with van der Waals surface area (Å²) in [6.45, 7) is 0. The molecule has 9 heteroatoms. The number of hydrogen-bond acceptors (Lipinski definition) is 6. The van der Waals surface area contributed by atoms with E-state index in [1.165, 1.54) is 12.1 Å². The predicted octanol–water partition coefficient (Wildman–Crippen LogP) is 2.42. The Morgan fingerprint density at radius 1 is 1.00 bits per heavy atom. The minimum Gasteiger partial charge on any atom is -0.421 e. The summed E-state index contributed by atoms with van der Waals surface area (Å²) in [5.74, 6) is -0.191. The zero-order valence-corrected chi connectivity index (χ0v) is 15.6. The highest BCUT2D eigenvalue weighted by Crippen LogP contribution is 2.23. The Labute approximate surface area is 149 Å². The third-order valence-corrected chi connectivity index (χ3v) is 8.26. The van der Waals surface area contributed by atoms with E-state index in [1.54, 1.807) is 42.5 Å². The third-order valence-electron chi connectivity index (χ3n) is 2.69. The zero-order valence-electron chi connectivity index (χ0n) is 12.4. The molecule has 0 aliphatic carbocycles. The Morgan fingerprint density at radius 3 is 2.17 bits per heavy atom. The van der Waals surface area contributed by atoms with Crippen LogP contribution in [0.25, 0.3) is 0 Å². The summed E-state index contributed by atoms with van der Waals surface area (Å²) in [7, 11) is -4.01. The van der Waals surface area contributed by atoms with Gasteiger partial charge in [-0.2, -0.15) is 0 Å².